The van der Waals surface area contributed by atoms with Crippen molar-refractivity contribution in [3.05, 3.63) is 70.8 Å². The fourth-order valence-electron chi connectivity index (χ4n) is 1.83. The van der Waals surface area contributed by atoms with Gasteiger partial charge in [-0.3, -0.25) is 9.27 Å². The van der Waals surface area contributed by atoms with Crippen molar-refractivity contribution in [1.29, 1.82) is 0 Å². The molecule has 0 amide bonds. The molecule has 7 nitrogen and oxygen atoms in total. The van der Waals surface area contributed by atoms with Crippen molar-refractivity contribution >= 4 is 37.3 Å². The Morgan fingerprint density at radius 2 is 1.67 bits per heavy atom. The zero-order valence-electron chi connectivity index (χ0n) is 13.9. The van der Waals surface area contributed by atoms with Crippen LogP contribution < -0.4 is 4.72 Å². The second-order valence-electron chi connectivity index (χ2n) is 5.20. The Morgan fingerprint density at radius 1 is 1.04 bits per heavy atom. The fraction of sp³-hybridized carbons (Fsp3) is 0.0625. The third-order valence-electron chi connectivity index (χ3n) is 3.12. The maximum absolute atomic E-state index is 13.3. The highest BCUT2D eigenvalue weighted by Crippen LogP contribution is 2.18. The molecule has 0 fully saturated rings. The standard InChI is InChI=1S/C9H7FN2O2S2.C7H8O3S/c10-7-3-1-2-4-8(7)16(13,14)12-9-5-15-6-11-9;1-6-2-4-7(5-3-6)11(8,9)10/h1-6,12H;2-5H,1H3,(H,8,9,10). The van der Waals surface area contributed by atoms with Crippen molar-refractivity contribution < 1.29 is 25.8 Å². The highest BCUT2D eigenvalue weighted by atomic mass is 32.2. The molecule has 0 bridgehead atoms. The predicted octanol–water partition coefficient (Wildman–Crippen LogP) is 3.32. The molecule has 0 spiro atoms. The third kappa shape index (κ3) is 6.10. The summed E-state index contributed by atoms with van der Waals surface area (Å²) in [6.45, 7) is 1.84. The molecular formula is C16H15FN2O5S3. The Kier molecular flexibility index (Phi) is 6.65. The Balaban J connectivity index is 0.000000208. The van der Waals surface area contributed by atoms with Crippen LogP contribution >= 0.6 is 11.3 Å². The predicted molar refractivity (Wildman–Crippen MR) is 100 cm³/mol. The average molecular weight is 431 g/mol. The summed E-state index contributed by atoms with van der Waals surface area (Å²) in [4.78, 5) is 3.31. The van der Waals surface area contributed by atoms with Gasteiger partial charge in [0.15, 0.2) is 5.82 Å². The molecule has 11 heteroatoms. The Morgan fingerprint density at radius 3 is 2.19 bits per heavy atom. The van der Waals surface area contributed by atoms with E-state index in [0.717, 1.165) is 11.6 Å². The second kappa shape index (κ2) is 8.57. The zero-order chi connectivity index (χ0) is 20.1. The number of hydrogen-bond acceptors (Lipinski definition) is 6. The third-order valence-corrected chi connectivity index (χ3v) is 5.96. The van der Waals surface area contributed by atoms with E-state index < -0.39 is 26.0 Å². The van der Waals surface area contributed by atoms with E-state index in [-0.39, 0.29) is 15.6 Å². The minimum atomic E-state index is -4.02. The van der Waals surface area contributed by atoms with Crippen LogP contribution in [0.4, 0.5) is 10.2 Å². The van der Waals surface area contributed by atoms with Gasteiger partial charge in [0.2, 0.25) is 0 Å². The van der Waals surface area contributed by atoms with Gasteiger partial charge in [-0.2, -0.15) is 8.42 Å². The maximum atomic E-state index is 13.3. The lowest BCUT2D eigenvalue weighted by Crippen LogP contribution is -2.14. The number of anilines is 1. The van der Waals surface area contributed by atoms with Gasteiger partial charge in [-0.1, -0.05) is 29.8 Å². The van der Waals surface area contributed by atoms with Gasteiger partial charge in [-0.15, -0.1) is 11.3 Å². The quantitative estimate of drug-likeness (QED) is 0.614. The number of sulfonamides is 1. The molecule has 0 aliphatic carbocycles. The van der Waals surface area contributed by atoms with Crippen LogP contribution in [0.2, 0.25) is 0 Å². The van der Waals surface area contributed by atoms with E-state index in [1.54, 1.807) is 12.1 Å². The second-order valence-corrected chi connectivity index (χ2v) is 8.99. The first-order valence-corrected chi connectivity index (χ1v) is 11.2. The lowest BCUT2D eigenvalue weighted by molar-refractivity contribution is 0.483. The lowest BCUT2D eigenvalue weighted by Gasteiger charge is -2.05. The summed E-state index contributed by atoms with van der Waals surface area (Å²) in [7, 11) is -7.91. The summed E-state index contributed by atoms with van der Waals surface area (Å²) >= 11 is 1.25. The van der Waals surface area contributed by atoms with E-state index in [0.29, 0.717) is 0 Å². The van der Waals surface area contributed by atoms with E-state index in [2.05, 4.69) is 9.71 Å². The van der Waals surface area contributed by atoms with Gasteiger partial charge in [-0.05, 0) is 31.2 Å². The van der Waals surface area contributed by atoms with E-state index in [1.165, 1.54) is 52.6 Å². The van der Waals surface area contributed by atoms with Crippen LogP contribution in [0.1, 0.15) is 5.56 Å². The first-order chi connectivity index (χ1) is 12.6. The first-order valence-electron chi connectivity index (χ1n) is 7.29. The molecule has 0 saturated carbocycles. The summed E-state index contributed by atoms with van der Waals surface area (Å²) in [5.41, 5.74) is 2.44. The van der Waals surface area contributed by atoms with Crippen molar-refractivity contribution in [1.82, 2.24) is 4.98 Å². The van der Waals surface area contributed by atoms with E-state index in [1.807, 2.05) is 6.92 Å². The number of halogens is 1. The Hall–Kier alpha value is -2.34. The molecule has 3 aromatic rings. The molecule has 144 valence electrons. The molecule has 27 heavy (non-hydrogen) atoms. The molecule has 0 aliphatic heterocycles. The van der Waals surface area contributed by atoms with Crippen LogP contribution in [-0.4, -0.2) is 26.4 Å². The normalized spacial score (nSPS) is 11.4. The van der Waals surface area contributed by atoms with Crippen LogP contribution in [0.3, 0.4) is 0 Å². The van der Waals surface area contributed by atoms with E-state index >= 15 is 0 Å². The maximum Gasteiger partial charge on any atom is 0.294 e. The summed E-state index contributed by atoms with van der Waals surface area (Å²) in [6, 6.07) is 11.2. The molecule has 1 heterocycles. The van der Waals surface area contributed by atoms with Crippen LogP contribution in [0.5, 0.6) is 0 Å². The highest BCUT2D eigenvalue weighted by molar-refractivity contribution is 7.92. The Bertz CT molecular complexity index is 1100. The monoisotopic (exact) mass is 430 g/mol. The SMILES string of the molecule is Cc1ccc(S(=O)(=O)O)cc1.O=S(=O)(Nc1cscn1)c1ccccc1F. The van der Waals surface area contributed by atoms with Crippen molar-refractivity contribution in [3.8, 4) is 0 Å². The van der Waals surface area contributed by atoms with Crippen molar-refractivity contribution in [2.75, 3.05) is 4.72 Å². The summed E-state index contributed by atoms with van der Waals surface area (Å²) in [5.74, 6) is -0.599. The number of aryl methyl sites for hydroxylation is 1. The number of thiazole rings is 1. The summed E-state index contributed by atoms with van der Waals surface area (Å²) in [6.07, 6.45) is 0. The van der Waals surface area contributed by atoms with Gasteiger partial charge in [0.1, 0.15) is 10.7 Å². The minimum Gasteiger partial charge on any atom is -0.282 e. The topological polar surface area (TPSA) is 113 Å². The smallest absolute Gasteiger partial charge is 0.282 e. The number of hydrogen-bond donors (Lipinski definition) is 2. The molecule has 0 aliphatic rings. The lowest BCUT2D eigenvalue weighted by atomic mass is 10.2. The highest BCUT2D eigenvalue weighted by Gasteiger charge is 2.18. The number of aromatic nitrogens is 1. The number of nitrogens with one attached hydrogen (secondary N) is 1. The van der Waals surface area contributed by atoms with Gasteiger partial charge in [0, 0.05) is 5.38 Å². The molecule has 3 rings (SSSR count). The Labute approximate surface area is 160 Å². The molecule has 2 N–H and O–H groups in total. The number of nitrogens with zero attached hydrogens (tertiary/aromatic N) is 1. The van der Waals surface area contributed by atoms with Crippen LogP contribution in [-0.2, 0) is 20.1 Å². The molecular weight excluding hydrogens is 415 g/mol. The van der Waals surface area contributed by atoms with Gasteiger partial charge >= 0.3 is 0 Å². The fourth-order valence-corrected chi connectivity index (χ4v) is 3.95. The molecule has 2 aromatic carbocycles. The van der Waals surface area contributed by atoms with Crippen LogP contribution in [0.25, 0.3) is 0 Å². The number of rotatable bonds is 4. The molecule has 0 atom stereocenters. The van der Waals surface area contributed by atoms with Gasteiger partial charge in [-0.25, -0.2) is 17.8 Å². The zero-order valence-corrected chi connectivity index (χ0v) is 16.4. The molecule has 0 saturated heterocycles. The van der Waals surface area contributed by atoms with Gasteiger partial charge in [0.05, 0.1) is 10.4 Å². The average Bonchev–Trinajstić information content (AvgIpc) is 3.07. The molecule has 0 unspecified atom stereocenters. The minimum absolute atomic E-state index is 0.0666. The summed E-state index contributed by atoms with van der Waals surface area (Å²) in [5, 5.41) is 1.53. The first kappa shape index (κ1) is 21.0. The van der Waals surface area contributed by atoms with Gasteiger partial charge in [0.25, 0.3) is 20.1 Å². The van der Waals surface area contributed by atoms with Crippen molar-refractivity contribution in [3.63, 3.8) is 0 Å². The van der Waals surface area contributed by atoms with Gasteiger partial charge < -0.3 is 0 Å². The van der Waals surface area contributed by atoms with E-state index in [9.17, 15) is 21.2 Å². The van der Waals surface area contributed by atoms with E-state index in [4.69, 9.17) is 4.55 Å². The molecule has 1 aromatic heterocycles. The van der Waals surface area contributed by atoms with Crippen LogP contribution in [0, 0.1) is 12.7 Å². The molecule has 0 radical (unpaired) electrons. The van der Waals surface area contributed by atoms with Crippen molar-refractivity contribution in [2.24, 2.45) is 0 Å². The number of benzene rings is 2. The largest absolute Gasteiger partial charge is 0.294 e. The van der Waals surface area contributed by atoms with Crippen LogP contribution in [0.15, 0.2) is 69.2 Å². The van der Waals surface area contributed by atoms with Crippen molar-refractivity contribution in [2.45, 2.75) is 16.7 Å². The summed E-state index contributed by atoms with van der Waals surface area (Å²) < 4.78 is 68.5.